The zero-order valence-corrected chi connectivity index (χ0v) is 13.0. The van der Waals surface area contributed by atoms with Gasteiger partial charge in [-0.05, 0) is 37.5 Å². The van der Waals surface area contributed by atoms with Gasteiger partial charge in [0.05, 0.1) is 6.61 Å². The molecule has 1 aromatic rings. The molecule has 120 valence electrons. The summed E-state index contributed by atoms with van der Waals surface area (Å²) < 4.78 is 15.5. The van der Waals surface area contributed by atoms with Crippen LogP contribution in [0.25, 0.3) is 0 Å². The molecule has 1 heterocycles. The third kappa shape index (κ3) is 3.90. The van der Waals surface area contributed by atoms with E-state index >= 15 is 0 Å². The Balaban J connectivity index is 2.08. The van der Waals surface area contributed by atoms with Crippen LogP contribution in [0.5, 0.6) is 11.5 Å². The quantitative estimate of drug-likeness (QED) is 0.815. The van der Waals surface area contributed by atoms with Gasteiger partial charge >= 0.3 is 5.97 Å². The molecule has 1 aromatic carbocycles. The third-order valence-corrected chi connectivity index (χ3v) is 3.22. The fourth-order valence-electron chi connectivity index (χ4n) is 2.21. The highest BCUT2D eigenvalue weighted by molar-refractivity contribution is 5.97. The smallest absolute Gasteiger partial charge is 0.328 e. The van der Waals surface area contributed by atoms with Gasteiger partial charge in [-0.2, -0.15) is 0 Å². The van der Waals surface area contributed by atoms with Gasteiger partial charge in [-0.3, -0.25) is 4.79 Å². The van der Waals surface area contributed by atoms with Gasteiger partial charge in [0.15, 0.2) is 11.5 Å². The second kappa shape index (κ2) is 7.15. The molecule has 0 bridgehead atoms. The molecular weight excluding hydrogens is 286 g/mol. The lowest BCUT2D eigenvalue weighted by Crippen LogP contribution is -2.42. The second-order valence-corrected chi connectivity index (χ2v) is 5.48. The lowest BCUT2D eigenvalue weighted by molar-refractivity contribution is -0.145. The predicted molar refractivity (Wildman–Crippen MR) is 79.9 cm³/mol. The molecule has 6 nitrogen and oxygen atoms in total. The van der Waals surface area contributed by atoms with Crippen LogP contribution >= 0.6 is 0 Å². The first-order chi connectivity index (χ1) is 10.5. The van der Waals surface area contributed by atoms with Gasteiger partial charge in [0.1, 0.15) is 6.04 Å². The van der Waals surface area contributed by atoms with Gasteiger partial charge in [0, 0.05) is 5.56 Å². The molecule has 1 atom stereocenters. The normalized spacial score (nSPS) is 13.8. The Morgan fingerprint density at radius 3 is 2.68 bits per heavy atom. The first-order valence-corrected chi connectivity index (χ1v) is 7.38. The van der Waals surface area contributed by atoms with Crippen molar-refractivity contribution in [2.24, 2.45) is 5.92 Å². The van der Waals surface area contributed by atoms with E-state index in [1.807, 2.05) is 13.8 Å². The monoisotopic (exact) mass is 307 g/mol. The van der Waals surface area contributed by atoms with Crippen LogP contribution in [0.15, 0.2) is 18.2 Å². The molecule has 1 aliphatic heterocycles. The topological polar surface area (TPSA) is 73.9 Å². The number of benzene rings is 1. The number of nitrogens with one attached hydrogen (secondary N) is 1. The first kappa shape index (κ1) is 16.1. The van der Waals surface area contributed by atoms with Crippen molar-refractivity contribution in [3.05, 3.63) is 23.8 Å². The predicted octanol–water partition coefficient (Wildman–Crippen LogP) is 2.12. The average Bonchev–Trinajstić information content (AvgIpc) is 2.93. The van der Waals surface area contributed by atoms with Gasteiger partial charge in [-0.1, -0.05) is 13.8 Å². The maximum absolute atomic E-state index is 12.3. The lowest BCUT2D eigenvalue weighted by atomic mass is 10.0. The van der Waals surface area contributed by atoms with Crippen molar-refractivity contribution < 1.29 is 23.8 Å². The van der Waals surface area contributed by atoms with Gasteiger partial charge in [0.2, 0.25) is 6.79 Å². The molecule has 0 aromatic heterocycles. The standard InChI is InChI=1S/C16H21NO5/c1-4-20-16(19)12(7-10(2)3)17-15(18)11-5-6-13-14(8-11)22-9-21-13/h5-6,8,10,12H,4,7,9H2,1-3H3,(H,17,18)/t12-/m1/s1. The molecule has 0 spiro atoms. The van der Waals surface area contributed by atoms with Gasteiger partial charge in [-0.25, -0.2) is 4.79 Å². The Bertz CT molecular complexity index is 555. The van der Waals surface area contributed by atoms with E-state index in [0.29, 0.717) is 23.5 Å². The first-order valence-electron chi connectivity index (χ1n) is 7.38. The Morgan fingerprint density at radius 1 is 1.27 bits per heavy atom. The number of hydrogen-bond donors (Lipinski definition) is 1. The summed E-state index contributed by atoms with van der Waals surface area (Å²) in [4.78, 5) is 24.3. The van der Waals surface area contributed by atoms with Crippen molar-refractivity contribution >= 4 is 11.9 Å². The number of amides is 1. The van der Waals surface area contributed by atoms with Crippen LogP contribution in [0, 0.1) is 5.92 Å². The van der Waals surface area contributed by atoms with Crippen LogP contribution in [0.4, 0.5) is 0 Å². The molecule has 0 unspecified atom stereocenters. The average molecular weight is 307 g/mol. The highest BCUT2D eigenvalue weighted by atomic mass is 16.7. The van der Waals surface area contributed by atoms with Crippen LogP contribution in [0.3, 0.4) is 0 Å². The van der Waals surface area contributed by atoms with E-state index in [1.165, 1.54) is 0 Å². The second-order valence-electron chi connectivity index (χ2n) is 5.48. The number of fused-ring (bicyclic) bond motifs is 1. The van der Waals surface area contributed by atoms with Crippen molar-refractivity contribution in [2.45, 2.75) is 33.2 Å². The summed E-state index contributed by atoms with van der Waals surface area (Å²) in [5, 5.41) is 2.73. The van der Waals surface area contributed by atoms with E-state index < -0.39 is 12.0 Å². The maximum Gasteiger partial charge on any atom is 0.328 e. The highest BCUT2D eigenvalue weighted by Gasteiger charge is 2.24. The molecule has 6 heteroatoms. The molecule has 22 heavy (non-hydrogen) atoms. The highest BCUT2D eigenvalue weighted by Crippen LogP contribution is 2.32. The minimum atomic E-state index is -0.655. The Morgan fingerprint density at radius 2 is 2.00 bits per heavy atom. The Hall–Kier alpha value is -2.24. The van der Waals surface area contributed by atoms with Crippen LogP contribution in [0.2, 0.25) is 0 Å². The minimum Gasteiger partial charge on any atom is -0.464 e. The van der Waals surface area contributed by atoms with Crippen molar-refractivity contribution in [1.29, 1.82) is 0 Å². The fourth-order valence-corrected chi connectivity index (χ4v) is 2.21. The fraction of sp³-hybridized carbons (Fsp3) is 0.500. The van der Waals surface area contributed by atoms with Gasteiger partial charge in [-0.15, -0.1) is 0 Å². The van der Waals surface area contributed by atoms with Crippen molar-refractivity contribution in [2.75, 3.05) is 13.4 Å². The number of rotatable bonds is 6. The van der Waals surface area contributed by atoms with E-state index in [1.54, 1.807) is 25.1 Å². The van der Waals surface area contributed by atoms with E-state index in [9.17, 15) is 9.59 Å². The Labute approximate surface area is 129 Å². The maximum atomic E-state index is 12.3. The zero-order valence-electron chi connectivity index (χ0n) is 13.0. The molecule has 1 aliphatic rings. The number of hydrogen-bond acceptors (Lipinski definition) is 5. The molecule has 0 saturated carbocycles. The zero-order chi connectivity index (χ0) is 16.1. The summed E-state index contributed by atoms with van der Waals surface area (Å²) in [5.74, 6) is 0.652. The molecule has 0 radical (unpaired) electrons. The largest absolute Gasteiger partial charge is 0.464 e. The molecule has 1 amide bonds. The van der Waals surface area contributed by atoms with E-state index in [0.717, 1.165) is 0 Å². The number of esters is 1. The van der Waals surface area contributed by atoms with Crippen LogP contribution in [-0.4, -0.2) is 31.3 Å². The Kier molecular flexibility index (Phi) is 5.25. The van der Waals surface area contributed by atoms with E-state index in [-0.39, 0.29) is 25.2 Å². The minimum absolute atomic E-state index is 0.152. The van der Waals surface area contributed by atoms with Gasteiger partial charge in [0.25, 0.3) is 5.91 Å². The molecule has 1 N–H and O–H groups in total. The van der Waals surface area contributed by atoms with Gasteiger partial charge < -0.3 is 19.5 Å². The number of carbonyl (C=O) groups excluding carboxylic acids is 2. The number of carbonyl (C=O) groups is 2. The molecule has 2 rings (SSSR count). The summed E-state index contributed by atoms with van der Waals surface area (Å²) >= 11 is 0. The molecule has 0 aliphatic carbocycles. The molecule has 0 saturated heterocycles. The van der Waals surface area contributed by atoms with E-state index in [4.69, 9.17) is 14.2 Å². The van der Waals surface area contributed by atoms with E-state index in [2.05, 4.69) is 5.32 Å². The third-order valence-electron chi connectivity index (χ3n) is 3.22. The van der Waals surface area contributed by atoms with Crippen LogP contribution in [-0.2, 0) is 9.53 Å². The summed E-state index contributed by atoms with van der Waals surface area (Å²) in [6.07, 6.45) is 0.523. The van der Waals surface area contributed by atoms with Crippen molar-refractivity contribution in [3.63, 3.8) is 0 Å². The van der Waals surface area contributed by atoms with Crippen LogP contribution in [0.1, 0.15) is 37.6 Å². The number of ether oxygens (including phenoxy) is 3. The van der Waals surface area contributed by atoms with Crippen LogP contribution < -0.4 is 14.8 Å². The molecular formula is C16H21NO5. The van der Waals surface area contributed by atoms with Crippen molar-refractivity contribution in [1.82, 2.24) is 5.32 Å². The summed E-state index contributed by atoms with van der Waals surface area (Å²) in [6.45, 7) is 6.15. The molecule has 0 fully saturated rings. The lowest BCUT2D eigenvalue weighted by Gasteiger charge is -2.19. The summed E-state index contributed by atoms with van der Waals surface area (Å²) in [7, 11) is 0. The van der Waals surface area contributed by atoms with Crippen molar-refractivity contribution in [3.8, 4) is 11.5 Å². The summed E-state index contributed by atoms with van der Waals surface area (Å²) in [6, 6.07) is 4.27. The summed E-state index contributed by atoms with van der Waals surface area (Å²) in [5.41, 5.74) is 0.419. The SMILES string of the molecule is CCOC(=O)[C@@H](CC(C)C)NC(=O)c1ccc2c(c1)OCO2.